The van der Waals surface area contributed by atoms with Crippen molar-refractivity contribution in [2.24, 2.45) is 0 Å². The first-order valence-electron chi connectivity index (χ1n) is 5.80. The number of anilines is 1. The van der Waals surface area contributed by atoms with E-state index in [9.17, 15) is 20.0 Å². The Balaban J connectivity index is 2.16. The maximum atomic E-state index is 12.0. The van der Waals surface area contributed by atoms with Crippen molar-refractivity contribution >= 4 is 17.4 Å². The monoisotopic (exact) mass is 289 g/mol. The highest BCUT2D eigenvalue weighted by Gasteiger charge is 2.13. The number of amides is 1. The highest BCUT2D eigenvalue weighted by atomic mass is 16.6. The Bertz CT molecular complexity index is 685. The number of nitrogens with zero attached hydrogens (tertiary/aromatic N) is 2. The third kappa shape index (κ3) is 3.24. The van der Waals surface area contributed by atoms with E-state index in [-0.39, 0.29) is 22.8 Å². The fourth-order valence-corrected chi connectivity index (χ4v) is 1.58. The minimum atomic E-state index is -0.589. The average molecular weight is 289 g/mol. The second kappa shape index (κ2) is 5.87. The molecule has 0 aliphatic rings. The van der Waals surface area contributed by atoms with Crippen LogP contribution in [0, 0.1) is 10.1 Å². The predicted octanol–water partition coefficient (Wildman–Crippen LogP) is 1.96. The number of nitro groups is 1. The van der Waals surface area contributed by atoms with Gasteiger partial charge in [0, 0.05) is 12.1 Å². The lowest BCUT2D eigenvalue weighted by atomic mass is 10.2. The summed E-state index contributed by atoms with van der Waals surface area (Å²) in [6, 6.07) is 6.75. The second-order valence-corrected chi connectivity index (χ2v) is 4.00. The number of hydrogen-bond donors (Lipinski definition) is 2. The Morgan fingerprint density at radius 2 is 2.14 bits per heavy atom. The lowest BCUT2D eigenvalue weighted by Gasteiger charge is -2.07. The van der Waals surface area contributed by atoms with Crippen molar-refractivity contribution in [2.75, 3.05) is 12.4 Å². The van der Waals surface area contributed by atoms with Crippen molar-refractivity contribution < 1.29 is 19.6 Å². The number of methoxy groups -OCH3 is 1. The number of carbonyl (C=O) groups is 1. The first-order chi connectivity index (χ1) is 10.0. The first-order valence-corrected chi connectivity index (χ1v) is 5.80. The van der Waals surface area contributed by atoms with Crippen LogP contribution in [0.15, 0.2) is 36.5 Å². The third-order valence-electron chi connectivity index (χ3n) is 2.65. The number of pyridine rings is 1. The normalized spacial score (nSPS) is 9.95. The largest absolute Gasteiger partial charge is 0.507 e. The molecule has 0 atom stereocenters. The number of phenolic OH excluding ortho intramolecular Hbond substituents is 1. The van der Waals surface area contributed by atoms with Gasteiger partial charge in [0.05, 0.1) is 17.6 Å². The molecule has 1 amide bonds. The van der Waals surface area contributed by atoms with Crippen LogP contribution in [-0.4, -0.2) is 28.0 Å². The third-order valence-corrected chi connectivity index (χ3v) is 2.65. The van der Waals surface area contributed by atoms with E-state index in [0.717, 1.165) is 6.20 Å². The second-order valence-electron chi connectivity index (χ2n) is 4.00. The molecule has 1 heterocycles. The highest BCUT2D eigenvalue weighted by Crippen LogP contribution is 2.24. The maximum Gasteiger partial charge on any atom is 0.287 e. The number of nitrogens with one attached hydrogen (secondary N) is 1. The van der Waals surface area contributed by atoms with Gasteiger partial charge in [-0.05, 0) is 18.2 Å². The predicted molar refractivity (Wildman–Crippen MR) is 73.5 cm³/mol. The van der Waals surface area contributed by atoms with Crippen LogP contribution < -0.4 is 10.1 Å². The van der Waals surface area contributed by atoms with Crippen LogP contribution in [-0.2, 0) is 0 Å². The smallest absolute Gasteiger partial charge is 0.287 e. The molecule has 2 aromatic rings. The van der Waals surface area contributed by atoms with E-state index in [0.29, 0.717) is 5.75 Å². The Labute approximate surface area is 119 Å². The van der Waals surface area contributed by atoms with E-state index in [1.54, 1.807) is 0 Å². The van der Waals surface area contributed by atoms with Crippen molar-refractivity contribution in [3.05, 3.63) is 52.2 Å². The van der Waals surface area contributed by atoms with Crippen LogP contribution in [0.25, 0.3) is 0 Å². The van der Waals surface area contributed by atoms with Crippen molar-refractivity contribution in [3.63, 3.8) is 0 Å². The summed E-state index contributed by atoms with van der Waals surface area (Å²) in [5.41, 5.74) is -0.142. The van der Waals surface area contributed by atoms with Crippen LogP contribution in [0.1, 0.15) is 10.4 Å². The van der Waals surface area contributed by atoms with Gasteiger partial charge in [0.25, 0.3) is 11.6 Å². The number of phenols is 1. The van der Waals surface area contributed by atoms with Gasteiger partial charge in [0.15, 0.2) is 0 Å². The summed E-state index contributed by atoms with van der Waals surface area (Å²) in [6.45, 7) is 0. The summed E-state index contributed by atoms with van der Waals surface area (Å²) in [6.07, 6.45) is 1.03. The molecule has 0 fully saturated rings. The number of rotatable bonds is 4. The molecular formula is C13H11N3O5. The Morgan fingerprint density at radius 3 is 2.67 bits per heavy atom. The molecule has 2 N–H and O–H groups in total. The molecule has 0 spiro atoms. The van der Waals surface area contributed by atoms with Crippen LogP contribution in [0.4, 0.5) is 11.5 Å². The van der Waals surface area contributed by atoms with Gasteiger partial charge in [-0.3, -0.25) is 14.9 Å². The molecular weight excluding hydrogens is 278 g/mol. The van der Waals surface area contributed by atoms with Gasteiger partial charge < -0.3 is 15.2 Å². The summed E-state index contributed by atoms with van der Waals surface area (Å²) in [7, 11) is 1.44. The molecule has 0 saturated carbocycles. The molecule has 0 saturated heterocycles. The quantitative estimate of drug-likeness (QED) is 0.656. The number of aromatic nitrogens is 1. The van der Waals surface area contributed by atoms with E-state index >= 15 is 0 Å². The lowest BCUT2D eigenvalue weighted by molar-refractivity contribution is -0.385. The van der Waals surface area contributed by atoms with Crippen molar-refractivity contribution in [1.82, 2.24) is 4.98 Å². The molecule has 21 heavy (non-hydrogen) atoms. The highest BCUT2D eigenvalue weighted by molar-refractivity contribution is 6.05. The van der Waals surface area contributed by atoms with Gasteiger partial charge in [-0.15, -0.1) is 0 Å². The zero-order chi connectivity index (χ0) is 15.4. The van der Waals surface area contributed by atoms with E-state index in [1.807, 2.05) is 0 Å². The fourth-order valence-electron chi connectivity index (χ4n) is 1.58. The van der Waals surface area contributed by atoms with Crippen LogP contribution >= 0.6 is 0 Å². The molecule has 0 unspecified atom stereocenters. The first kappa shape index (κ1) is 14.3. The fraction of sp³-hybridized carbons (Fsp3) is 0.0769. The summed E-state index contributed by atoms with van der Waals surface area (Å²) in [4.78, 5) is 25.6. The Morgan fingerprint density at radius 1 is 1.38 bits per heavy atom. The van der Waals surface area contributed by atoms with Crippen LogP contribution in [0.2, 0.25) is 0 Å². The molecule has 0 aliphatic carbocycles. The van der Waals surface area contributed by atoms with Crippen molar-refractivity contribution in [3.8, 4) is 11.5 Å². The number of carbonyl (C=O) groups excluding carboxylic acids is 1. The number of hydrogen-bond acceptors (Lipinski definition) is 6. The lowest BCUT2D eigenvalue weighted by Crippen LogP contribution is -2.13. The molecule has 8 nitrogen and oxygen atoms in total. The molecule has 1 aromatic heterocycles. The zero-order valence-corrected chi connectivity index (χ0v) is 10.9. The molecule has 0 radical (unpaired) electrons. The van der Waals surface area contributed by atoms with Gasteiger partial charge >= 0.3 is 0 Å². The molecule has 2 rings (SSSR count). The SMILES string of the molecule is COc1ccc(C(=O)Nc2ccc([N+](=O)[O-])cn2)c(O)c1. The van der Waals surface area contributed by atoms with E-state index in [4.69, 9.17) is 4.74 Å². The zero-order valence-electron chi connectivity index (χ0n) is 10.9. The van der Waals surface area contributed by atoms with E-state index in [1.165, 1.54) is 37.4 Å². The summed E-state index contributed by atoms with van der Waals surface area (Å²) < 4.78 is 4.92. The molecule has 108 valence electrons. The van der Waals surface area contributed by atoms with Crippen LogP contribution in [0.3, 0.4) is 0 Å². The van der Waals surface area contributed by atoms with Gasteiger partial charge in [-0.1, -0.05) is 0 Å². The average Bonchev–Trinajstić information content (AvgIpc) is 2.47. The van der Waals surface area contributed by atoms with E-state index in [2.05, 4.69) is 10.3 Å². The summed E-state index contributed by atoms with van der Waals surface area (Å²) in [5.74, 6) is -0.274. The standard InChI is InChI=1S/C13H11N3O5/c1-21-9-3-4-10(11(17)6-9)13(18)15-12-5-2-8(7-14-12)16(19)20/h2-7,17H,1H3,(H,14,15,18). The number of ether oxygens (including phenoxy) is 1. The van der Waals surface area contributed by atoms with Crippen LogP contribution in [0.5, 0.6) is 11.5 Å². The number of benzene rings is 1. The van der Waals surface area contributed by atoms with Gasteiger partial charge in [-0.25, -0.2) is 4.98 Å². The van der Waals surface area contributed by atoms with Gasteiger partial charge in [0.1, 0.15) is 23.5 Å². The Kier molecular flexibility index (Phi) is 3.98. The van der Waals surface area contributed by atoms with Crippen molar-refractivity contribution in [1.29, 1.82) is 0 Å². The minimum absolute atomic E-state index is 0.0379. The molecule has 0 bridgehead atoms. The van der Waals surface area contributed by atoms with Gasteiger partial charge in [0.2, 0.25) is 0 Å². The van der Waals surface area contributed by atoms with E-state index < -0.39 is 10.8 Å². The number of aromatic hydroxyl groups is 1. The molecule has 8 heteroatoms. The summed E-state index contributed by atoms with van der Waals surface area (Å²) >= 11 is 0. The van der Waals surface area contributed by atoms with Gasteiger partial charge in [-0.2, -0.15) is 0 Å². The summed E-state index contributed by atoms with van der Waals surface area (Å²) in [5, 5.41) is 22.7. The molecule has 1 aromatic carbocycles. The molecule has 0 aliphatic heterocycles. The Hall–Kier alpha value is -3.16. The topological polar surface area (TPSA) is 115 Å². The maximum absolute atomic E-state index is 12.0. The minimum Gasteiger partial charge on any atom is -0.507 e. The van der Waals surface area contributed by atoms with Crippen molar-refractivity contribution in [2.45, 2.75) is 0 Å².